The highest BCUT2D eigenvalue weighted by Gasteiger charge is 2.33. The number of nitrogens with one attached hydrogen (secondary N) is 1. The summed E-state index contributed by atoms with van der Waals surface area (Å²) >= 11 is 0. The van der Waals surface area contributed by atoms with Crippen LogP contribution in [0.2, 0.25) is 0 Å². The van der Waals surface area contributed by atoms with E-state index in [1.54, 1.807) is 0 Å². The highest BCUT2D eigenvalue weighted by Crippen LogP contribution is 2.26. The standard InChI is InChI=1S/C10H16N2O2S/c11-6-8-2-1-3-10(8)12-9-4-5-15(13,14)7-9/h8-10,12H,1-5,7H2. The molecule has 1 aliphatic carbocycles. The van der Waals surface area contributed by atoms with Crippen molar-refractivity contribution in [3.05, 3.63) is 0 Å². The normalized spacial score (nSPS) is 39.0. The van der Waals surface area contributed by atoms with Crippen molar-refractivity contribution in [2.45, 2.75) is 37.8 Å². The molecular weight excluding hydrogens is 212 g/mol. The molecule has 15 heavy (non-hydrogen) atoms. The summed E-state index contributed by atoms with van der Waals surface area (Å²) in [5.41, 5.74) is 0. The van der Waals surface area contributed by atoms with Crippen LogP contribution in [0.25, 0.3) is 0 Å². The maximum Gasteiger partial charge on any atom is 0.151 e. The third-order valence-corrected chi connectivity index (χ3v) is 5.13. The molecule has 0 aromatic carbocycles. The van der Waals surface area contributed by atoms with E-state index in [9.17, 15) is 8.42 Å². The lowest BCUT2D eigenvalue weighted by Gasteiger charge is -2.19. The molecule has 4 nitrogen and oxygen atoms in total. The monoisotopic (exact) mass is 228 g/mol. The van der Waals surface area contributed by atoms with Gasteiger partial charge in [0, 0.05) is 12.1 Å². The first-order chi connectivity index (χ1) is 7.11. The van der Waals surface area contributed by atoms with Gasteiger partial charge in [0.2, 0.25) is 0 Å². The van der Waals surface area contributed by atoms with Gasteiger partial charge in [-0.15, -0.1) is 0 Å². The van der Waals surface area contributed by atoms with E-state index in [4.69, 9.17) is 5.26 Å². The van der Waals surface area contributed by atoms with E-state index in [0.29, 0.717) is 12.2 Å². The van der Waals surface area contributed by atoms with Gasteiger partial charge in [-0.05, 0) is 19.3 Å². The van der Waals surface area contributed by atoms with Crippen LogP contribution in [0.1, 0.15) is 25.7 Å². The van der Waals surface area contributed by atoms with Gasteiger partial charge >= 0.3 is 0 Å². The first-order valence-electron chi connectivity index (χ1n) is 5.47. The number of rotatable bonds is 2. The fourth-order valence-electron chi connectivity index (χ4n) is 2.54. The minimum absolute atomic E-state index is 0.0771. The van der Waals surface area contributed by atoms with Crippen molar-refractivity contribution < 1.29 is 8.42 Å². The van der Waals surface area contributed by atoms with Crippen LogP contribution in [0, 0.1) is 17.2 Å². The second-order valence-corrected chi connectivity index (χ2v) is 6.77. The summed E-state index contributed by atoms with van der Waals surface area (Å²) in [6, 6.07) is 2.59. The molecule has 0 spiro atoms. The molecule has 3 atom stereocenters. The van der Waals surface area contributed by atoms with Crippen LogP contribution in [0.3, 0.4) is 0 Å². The Morgan fingerprint density at radius 1 is 1.27 bits per heavy atom. The molecule has 1 saturated carbocycles. The minimum atomic E-state index is -2.81. The first kappa shape index (κ1) is 10.9. The first-order valence-corrected chi connectivity index (χ1v) is 7.29. The molecule has 3 unspecified atom stereocenters. The molecule has 0 aromatic heterocycles. The van der Waals surface area contributed by atoms with Crippen molar-refractivity contribution in [3.63, 3.8) is 0 Å². The Balaban J connectivity index is 1.91. The summed E-state index contributed by atoms with van der Waals surface area (Å²) in [5.74, 6) is 0.629. The second kappa shape index (κ2) is 4.11. The SMILES string of the molecule is N#CC1CCCC1NC1CCS(=O)(=O)C1. The maximum absolute atomic E-state index is 11.3. The highest BCUT2D eigenvalue weighted by molar-refractivity contribution is 7.91. The maximum atomic E-state index is 11.3. The third kappa shape index (κ3) is 2.50. The Bertz CT molecular complexity index is 371. The van der Waals surface area contributed by atoms with Crippen molar-refractivity contribution >= 4 is 9.84 Å². The quantitative estimate of drug-likeness (QED) is 0.745. The Morgan fingerprint density at radius 3 is 2.67 bits per heavy atom. The van der Waals surface area contributed by atoms with Crippen LogP contribution in [-0.2, 0) is 9.84 Å². The van der Waals surface area contributed by atoms with Crippen molar-refractivity contribution in [2.75, 3.05) is 11.5 Å². The molecule has 1 aliphatic heterocycles. The predicted octanol–water partition coefficient (Wildman–Crippen LogP) is 0.455. The fourth-order valence-corrected chi connectivity index (χ4v) is 4.23. The van der Waals surface area contributed by atoms with Crippen LogP contribution < -0.4 is 5.32 Å². The molecule has 0 aromatic rings. The van der Waals surface area contributed by atoms with Gasteiger partial charge in [0.15, 0.2) is 9.84 Å². The van der Waals surface area contributed by atoms with E-state index in [1.165, 1.54) is 0 Å². The lowest BCUT2D eigenvalue weighted by atomic mass is 10.0. The number of sulfone groups is 1. The predicted molar refractivity (Wildman–Crippen MR) is 56.9 cm³/mol. The average molecular weight is 228 g/mol. The molecule has 0 bridgehead atoms. The van der Waals surface area contributed by atoms with E-state index in [1.807, 2.05) is 0 Å². The number of hydrogen-bond donors (Lipinski definition) is 1. The van der Waals surface area contributed by atoms with Crippen molar-refractivity contribution in [1.29, 1.82) is 5.26 Å². The molecule has 2 fully saturated rings. The summed E-state index contributed by atoms with van der Waals surface area (Å²) in [6.45, 7) is 0. The third-order valence-electron chi connectivity index (χ3n) is 3.36. The van der Waals surface area contributed by atoms with Gasteiger partial charge in [0.05, 0.1) is 23.5 Å². The Labute approximate surface area is 90.6 Å². The zero-order valence-corrected chi connectivity index (χ0v) is 9.46. The number of nitriles is 1. The van der Waals surface area contributed by atoms with E-state index >= 15 is 0 Å². The van der Waals surface area contributed by atoms with E-state index in [2.05, 4.69) is 11.4 Å². The zero-order chi connectivity index (χ0) is 10.9. The Kier molecular flexibility index (Phi) is 2.98. The lowest BCUT2D eigenvalue weighted by Crippen LogP contribution is -2.40. The summed E-state index contributed by atoms with van der Waals surface area (Å²) in [5, 5.41) is 12.2. The lowest BCUT2D eigenvalue weighted by molar-refractivity contribution is 0.414. The summed E-state index contributed by atoms with van der Waals surface area (Å²) in [7, 11) is -2.81. The minimum Gasteiger partial charge on any atom is -0.309 e. The highest BCUT2D eigenvalue weighted by atomic mass is 32.2. The van der Waals surface area contributed by atoms with Gasteiger partial charge in [-0.1, -0.05) is 6.42 Å². The molecule has 1 saturated heterocycles. The molecule has 5 heteroatoms. The zero-order valence-electron chi connectivity index (χ0n) is 8.65. The van der Waals surface area contributed by atoms with Crippen LogP contribution >= 0.6 is 0 Å². The molecule has 0 amide bonds. The molecule has 1 heterocycles. The molecular formula is C10H16N2O2S. The number of hydrogen-bond acceptors (Lipinski definition) is 4. The molecule has 1 N–H and O–H groups in total. The van der Waals surface area contributed by atoms with Crippen LogP contribution in [-0.4, -0.2) is 32.0 Å². The summed E-state index contributed by atoms with van der Waals surface area (Å²) in [6.07, 6.45) is 3.74. The Hall–Kier alpha value is -0.600. The van der Waals surface area contributed by atoms with Crippen LogP contribution in [0.15, 0.2) is 0 Å². The van der Waals surface area contributed by atoms with Crippen molar-refractivity contribution in [1.82, 2.24) is 5.32 Å². The van der Waals surface area contributed by atoms with E-state index < -0.39 is 9.84 Å². The number of nitrogens with zero attached hydrogens (tertiary/aromatic N) is 1. The largest absolute Gasteiger partial charge is 0.309 e. The van der Waals surface area contributed by atoms with Gasteiger partial charge < -0.3 is 5.32 Å². The molecule has 2 rings (SSSR count). The van der Waals surface area contributed by atoms with Crippen LogP contribution in [0.5, 0.6) is 0 Å². The average Bonchev–Trinajstić information content (AvgIpc) is 2.73. The van der Waals surface area contributed by atoms with Crippen LogP contribution in [0.4, 0.5) is 0 Å². The van der Waals surface area contributed by atoms with E-state index in [-0.39, 0.29) is 23.8 Å². The van der Waals surface area contributed by atoms with Gasteiger partial charge in [-0.2, -0.15) is 5.26 Å². The molecule has 84 valence electrons. The van der Waals surface area contributed by atoms with Gasteiger partial charge in [0.25, 0.3) is 0 Å². The topological polar surface area (TPSA) is 70.0 Å². The second-order valence-electron chi connectivity index (χ2n) is 4.54. The van der Waals surface area contributed by atoms with E-state index in [0.717, 1.165) is 19.3 Å². The Morgan fingerprint density at radius 2 is 2.07 bits per heavy atom. The van der Waals surface area contributed by atoms with Gasteiger partial charge in [0.1, 0.15) is 0 Å². The molecule has 2 aliphatic rings. The molecule has 0 radical (unpaired) electrons. The van der Waals surface area contributed by atoms with Crippen molar-refractivity contribution in [2.24, 2.45) is 5.92 Å². The van der Waals surface area contributed by atoms with Crippen molar-refractivity contribution in [3.8, 4) is 6.07 Å². The summed E-state index contributed by atoms with van der Waals surface area (Å²) in [4.78, 5) is 0. The van der Waals surface area contributed by atoms with Gasteiger partial charge in [-0.3, -0.25) is 0 Å². The fraction of sp³-hybridized carbons (Fsp3) is 0.900. The van der Waals surface area contributed by atoms with Gasteiger partial charge in [-0.25, -0.2) is 8.42 Å². The smallest absolute Gasteiger partial charge is 0.151 e. The summed E-state index contributed by atoms with van der Waals surface area (Å²) < 4.78 is 22.5.